The van der Waals surface area contributed by atoms with Crippen molar-refractivity contribution < 1.29 is 18.7 Å². The molecule has 0 saturated carbocycles. The molecule has 0 aliphatic heterocycles. The lowest BCUT2D eigenvalue weighted by atomic mass is 9.98. The fourth-order valence-corrected chi connectivity index (χ4v) is 3.38. The number of nitrogens with one attached hydrogen (secondary N) is 1. The van der Waals surface area contributed by atoms with Gasteiger partial charge in [0.15, 0.2) is 0 Å². The highest BCUT2D eigenvalue weighted by Gasteiger charge is 2.20. The molecule has 0 saturated heterocycles. The summed E-state index contributed by atoms with van der Waals surface area (Å²) in [4.78, 5) is 27.1. The first-order chi connectivity index (χ1) is 15.2. The molecule has 1 heterocycles. The van der Waals surface area contributed by atoms with Gasteiger partial charge in [-0.05, 0) is 23.6 Å². The van der Waals surface area contributed by atoms with Crippen LogP contribution in [0.1, 0.15) is 33.9 Å². The molecule has 0 aliphatic rings. The number of carbonyl (C=O) groups is 2. The summed E-state index contributed by atoms with van der Waals surface area (Å²) in [6.45, 7) is 1.10. The van der Waals surface area contributed by atoms with Gasteiger partial charge in [-0.15, -0.1) is 0 Å². The zero-order chi connectivity index (χ0) is 21.9. The normalized spacial score (nSPS) is 11.6. The molecule has 1 unspecified atom stereocenters. The second kappa shape index (κ2) is 11.7. The van der Waals surface area contributed by atoms with Crippen LogP contribution in [-0.2, 0) is 16.0 Å². The van der Waals surface area contributed by atoms with Gasteiger partial charge < -0.3 is 19.4 Å². The van der Waals surface area contributed by atoms with Crippen LogP contribution in [0.3, 0.4) is 0 Å². The molecule has 31 heavy (non-hydrogen) atoms. The minimum Gasteiger partial charge on any atom is -0.472 e. The third-order valence-corrected chi connectivity index (χ3v) is 5.05. The van der Waals surface area contributed by atoms with Crippen LogP contribution in [0.2, 0.25) is 0 Å². The summed E-state index contributed by atoms with van der Waals surface area (Å²) >= 11 is 0. The van der Waals surface area contributed by atoms with Gasteiger partial charge in [0.1, 0.15) is 6.26 Å². The Balaban J connectivity index is 1.64. The Labute approximate surface area is 182 Å². The fraction of sp³-hybridized carbons (Fsp3) is 0.280. The maximum Gasteiger partial charge on any atom is 0.257 e. The van der Waals surface area contributed by atoms with Gasteiger partial charge in [-0.1, -0.05) is 60.7 Å². The van der Waals surface area contributed by atoms with Crippen molar-refractivity contribution in [2.24, 2.45) is 0 Å². The van der Waals surface area contributed by atoms with Crippen LogP contribution in [0.4, 0.5) is 0 Å². The van der Waals surface area contributed by atoms with Crippen LogP contribution in [-0.4, -0.2) is 43.5 Å². The summed E-state index contributed by atoms with van der Waals surface area (Å²) in [5.74, 6) is -0.283. The number of carbonyl (C=O) groups excluding carboxylic acids is 2. The highest BCUT2D eigenvalue weighted by atomic mass is 16.5. The molecular formula is C25H28N2O4. The largest absolute Gasteiger partial charge is 0.472 e. The Bertz CT molecular complexity index is 927. The number of rotatable bonds is 11. The summed E-state index contributed by atoms with van der Waals surface area (Å²) < 4.78 is 10.1. The van der Waals surface area contributed by atoms with Gasteiger partial charge in [0.25, 0.3) is 5.91 Å². The fourth-order valence-electron chi connectivity index (χ4n) is 3.38. The van der Waals surface area contributed by atoms with Gasteiger partial charge in [0, 0.05) is 26.6 Å². The molecule has 3 aromatic rings. The molecule has 0 radical (unpaired) electrons. The molecule has 2 aromatic carbocycles. The number of amides is 2. The van der Waals surface area contributed by atoms with E-state index in [0.29, 0.717) is 31.7 Å². The highest BCUT2D eigenvalue weighted by Crippen LogP contribution is 2.18. The summed E-state index contributed by atoms with van der Waals surface area (Å²) in [6.07, 6.45) is 3.76. The standard InChI is InChI=1S/C25H28N2O4/c1-30-17-15-27(25(29)22-13-16-31-19-22)14-12-24(28)26-23(21-10-6-3-7-11-21)18-20-8-4-2-5-9-20/h2-11,13,16,19,23H,12,14-15,17-18H2,1H3,(H,26,28). The molecule has 2 amide bonds. The van der Waals surface area contributed by atoms with Crippen molar-refractivity contribution in [1.29, 1.82) is 0 Å². The second-order valence-electron chi connectivity index (χ2n) is 7.27. The van der Waals surface area contributed by atoms with Crippen molar-refractivity contribution in [3.05, 3.63) is 95.9 Å². The Hall–Kier alpha value is -3.38. The molecule has 0 bridgehead atoms. The number of benzene rings is 2. The Morgan fingerprint density at radius 3 is 2.35 bits per heavy atom. The number of hydrogen-bond acceptors (Lipinski definition) is 4. The quantitative estimate of drug-likeness (QED) is 0.511. The first-order valence-electron chi connectivity index (χ1n) is 10.4. The number of hydrogen-bond donors (Lipinski definition) is 1. The van der Waals surface area contributed by atoms with Crippen LogP contribution < -0.4 is 5.32 Å². The predicted molar refractivity (Wildman–Crippen MR) is 119 cm³/mol. The van der Waals surface area contributed by atoms with Gasteiger partial charge in [-0.3, -0.25) is 9.59 Å². The number of nitrogens with zero attached hydrogens (tertiary/aromatic N) is 1. The van der Waals surface area contributed by atoms with E-state index in [1.54, 1.807) is 18.1 Å². The van der Waals surface area contributed by atoms with Crippen molar-refractivity contribution >= 4 is 11.8 Å². The van der Waals surface area contributed by atoms with E-state index in [2.05, 4.69) is 17.4 Å². The summed E-state index contributed by atoms with van der Waals surface area (Å²) in [7, 11) is 1.58. The minimum atomic E-state index is -0.178. The number of ether oxygens (including phenoxy) is 1. The monoisotopic (exact) mass is 420 g/mol. The third-order valence-electron chi connectivity index (χ3n) is 5.05. The lowest BCUT2D eigenvalue weighted by Crippen LogP contribution is -2.38. The van der Waals surface area contributed by atoms with Crippen LogP contribution in [0.25, 0.3) is 0 Å². The molecule has 0 aliphatic carbocycles. The van der Waals surface area contributed by atoms with Crippen molar-refractivity contribution in [3.8, 4) is 0 Å². The van der Waals surface area contributed by atoms with Crippen LogP contribution in [0, 0.1) is 0 Å². The molecule has 0 fully saturated rings. The zero-order valence-corrected chi connectivity index (χ0v) is 17.7. The average Bonchev–Trinajstić information content (AvgIpc) is 3.35. The van der Waals surface area contributed by atoms with Gasteiger partial charge >= 0.3 is 0 Å². The van der Waals surface area contributed by atoms with E-state index in [-0.39, 0.29) is 24.3 Å². The van der Waals surface area contributed by atoms with Crippen molar-refractivity contribution in [1.82, 2.24) is 10.2 Å². The zero-order valence-electron chi connectivity index (χ0n) is 17.7. The Morgan fingerprint density at radius 1 is 1.00 bits per heavy atom. The lowest BCUT2D eigenvalue weighted by Gasteiger charge is -2.23. The summed E-state index contributed by atoms with van der Waals surface area (Å²) in [5.41, 5.74) is 2.65. The molecule has 6 nitrogen and oxygen atoms in total. The van der Waals surface area contributed by atoms with E-state index in [0.717, 1.165) is 11.1 Å². The molecule has 3 rings (SSSR count). The Morgan fingerprint density at radius 2 is 1.71 bits per heavy atom. The van der Waals surface area contributed by atoms with E-state index in [1.165, 1.54) is 12.5 Å². The molecule has 162 valence electrons. The predicted octanol–water partition coefficient (Wildman–Crippen LogP) is 3.86. The molecule has 1 atom stereocenters. The van der Waals surface area contributed by atoms with Crippen molar-refractivity contribution in [3.63, 3.8) is 0 Å². The van der Waals surface area contributed by atoms with Crippen molar-refractivity contribution in [2.45, 2.75) is 18.9 Å². The SMILES string of the molecule is COCCN(CCC(=O)NC(Cc1ccccc1)c1ccccc1)C(=O)c1ccoc1. The lowest BCUT2D eigenvalue weighted by molar-refractivity contribution is -0.122. The maximum absolute atomic E-state index is 12.8. The highest BCUT2D eigenvalue weighted by molar-refractivity contribution is 5.94. The van der Waals surface area contributed by atoms with E-state index in [1.807, 2.05) is 48.5 Å². The van der Waals surface area contributed by atoms with Crippen LogP contribution >= 0.6 is 0 Å². The number of furan rings is 1. The first-order valence-corrected chi connectivity index (χ1v) is 10.4. The van der Waals surface area contributed by atoms with E-state index in [9.17, 15) is 9.59 Å². The molecule has 1 N–H and O–H groups in total. The first kappa shape index (κ1) is 22.3. The molecule has 1 aromatic heterocycles. The smallest absolute Gasteiger partial charge is 0.257 e. The van der Waals surface area contributed by atoms with E-state index < -0.39 is 0 Å². The Kier molecular flexibility index (Phi) is 8.43. The summed E-state index contributed by atoms with van der Waals surface area (Å²) in [6, 6.07) is 21.5. The summed E-state index contributed by atoms with van der Waals surface area (Å²) in [5, 5.41) is 3.14. The number of methoxy groups -OCH3 is 1. The van der Waals surface area contributed by atoms with Gasteiger partial charge in [-0.2, -0.15) is 0 Å². The third kappa shape index (κ3) is 6.83. The van der Waals surface area contributed by atoms with Gasteiger partial charge in [-0.25, -0.2) is 0 Å². The molecular weight excluding hydrogens is 392 g/mol. The van der Waals surface area contributed by atoms with Gasteiger partial charge in [0.05, 0.1) is 24.5 Å². The maximum atomic E-state index is 12.8. The van der Waals surface area contributed by atoms with Crippen LogP contribution in [0.15, 0.2) is 83.7 Å². The van der Waals surface area contributed by atoms with Gasteiger partial charge in [0.2, 0.25) is 5.91 Å². The minimum absolute atomic E-state index is 0.104. The molecule has 6 heteroatoms. The second-order valence-corrected chi connectivity index (χ2v) is 7.27. The van der Waals surface area contributed by atoms with E-state index >= 15 is 0 Å². The van der Waals surface area contributed by atoms with Crippen molar-refractivity contribution in [2.75, 3.05) is 26.8 Å². The van der Waals surface area contributed by atoms with E-state index in [4.69, 9.17) is 9.15 Å². The van der Waals surface area contributed by atoms with Crippen LogP contribution in [0.5, 0.6) is 0 Å². The molecule has 0 spiro atoms. The topological polar surface area (TPSA) is 71.8 Å². The average molecular weight is 421 g/mol.